The van der Waals surface area contributed by atoms with Crippen LogP contribution in [0, 0.1) is 0 Å². The molecule has 0 spiro atoms. The zero-order valence-corrected chi connectivity index (χ0v) is 24.5. The molecule has 0 fully saturated rings. The van der Waals surface area contributed by atoms with E-state index in [-0.39, 0.29) is 10.6 Å². The molecule has 1 heterocycles. The number of carbonyl (C=O) groups is 2. The van der Waals surface area contributed by atoms with Gasteiger partial charge in [0.2, 0.25) is 0 Å². The predicted molar refractivity (Wildman–Crippen MR) is 154 cm³/mol. The largest absolute Gasteiger partial charge is 0.506 e. The number of nitrogens with one attached hydrogen (secondary N) is 3. The summed E-state index contributed by atoms with van der Waals surface area (Å²) in [6, 6.07) is 13.8. The van der Waals surface area contributed by atoms with Crippen LogP contribution in [-0.2, 0) is 9.59 Å². The van der Waals surface area contributed by atoms with Crippen LogP contribution in [0.25, 0.3) is 10.2 Å². The van der Waals surface area contributed by atoms with E-state index in [1.165, 1.54) is 11.6 Å². The Labute approximate surface area is 250 Å². The zero-order valence-electron chi connectivity index (χ0n) is 22.8. The number of aliphatic hydroxyl groups excluding tert-OH is 1. The Morgan fingerprint density at radius 2 is 1.53 bits per heavy atom. The van der Waals surface area contributed by atoms with Gasteiger partial charge in [0.1, 0.15) is 11.3 Å². The Balaban J connectivity index is 0.000000455. The molecule has 3 rings (SSSR count). The molecule has 43 heavy (non-hydrogen) atoms. The molecule has 0 bridgehead atoms. The summed E-state index contributed by atoms with van der Waals surface area (Å²) < 4.78 is 67.6. The van der Waals surface area contributed by atoms with Crippen LogP contribution in [-0.4, -0.2) is 76.8 Å². The van der Waals surface area contributed by atoms with Crippen molar-refractivity contribution >= 4 is 44.9 Å². The number of thioether (sulfide) groups is 1. The number of rotatable bonds is 14. The second-order valence-corrected chi connectivity index (χ2v) is 11.5. The van der Waals surface area contributed by atoms with Gasteiger partial charge >= 0.3 is 28.8 Å². The second kappa shape index (κ2) is 16.8. The Kier molecular flexibility index (Phi) is 14.2. The minimum Gasteiger partial charge on any atom is -0.506 e. The van der Waals surface area contributed by atoms with Crippen molar-refractivity contribution in [1.29, 1.82) is 0 Å². The first-order valence-corrected chi connectivity index (χ1v) is 14.9. The molecule has 0 radical (unpaired) electrons. The van der Waals surface area contributed by atoms with Gasteiger partial charge in [0.25, 0.3) is 0 Å². The lowest BCUT2D eigenvalue weighted by atomic mass is 10.0. The molecular formula is C27H31F6N3O5S2. The van der Waals surface area contributed by atoms with E-state index in [2.05, 4.69) is 46.8 Å². The van der Waals surface area contributed by atoms with Crippen LogP contribution in [0.5, 0.6) is 5.75 Å². The summed E-state index contributed by atoms with van der Waals surface area (Å²) in [5.74, 6) is -4.11. The summed E-state index contributed by atoms with van der Waals surface area (Å²) in [5, 5.41) is 27.1. The highest BCUT2D eigenvalue weighted by Crippen LogP contribution is 2.31. The van der Waals surface area contributed by atoms with Crippen LogP contribution >= 0.6 is 23.1 Å². The van der Waals surface area contributed by atoms with Gasteiger partial charge in [-0.05, 0) is 36.3 Å². The molecule has 0 aliphatic heterocycles. The summed E-state index contributed by atoms with van der Waals surface area (Å²) in [5.41, 5.74) is 2.43. The Hall–Kier alpha value is -2.92. The number of thiazole rings is 1. The SMILES string of the molecule is C[C@@H](CNCCSCCCNC[C@H](O)c1ccc(O)c2[nH]c(=O)sc12)c1ccccc1.O=C(C(=O)C(F)(F)F)C(F)(F)F. The van der Waals surface area contributed by atoms with Gasteiger partial charge in [0.05, 0.1) is 10.8 Å². The summed E-state index contributed by atoms with van der Waals surface area (Å²) in [6.07, 6.45) is -11.2. The molecule has 238 valence electrons. The van der Waals surface area contributed by atoms with Crippen molar-refractivity contribution in [3.05, 3.63) is 63.3 Å². The number of phenols is 1. The topological polar surface area (TPSA) is 132 Å². The number of benzene rings is 2. The molecule has 0 aliphatic carbocycles. The van der Waals surface area contributed by atoms with Gasteiger partial charge < -0.3 is 25.8 Å². The number of ketones is 2. The molecule has 1 aromatic heterocycles. The summed E-state index contributed by atoms with van der Waals surface area (Å²) >= 11 is 2.94. The molecule has 0 amide bonds. The minimum absolute atomic E-state index is 0.0262. The first-order valence-electron chi connectivity index (χ1n) is 12.9. The molecule has 5 N–H and O–H groups in total. The van der Waals surface area contributed by atoms with Crippen molar-refractivity contribution in [2.45, 2.75) is 37.7 Å². The lowest BCUT2D eigenvalue weighted by Gasteiger charge is -2.14. The highest BCUT2D eigenvalue weighted by atomic mass is 32.2. The standard InChI is InChI=1S/C23H31N3O3S2.C4F6O2/c1-16(17-6-3-2-4-7-17)14-25-11-13-30-12-5-10-24-15-20(28)18-8-9-19(27)21-22(18)31-23(29)26-21;5-3(6,7)1(11)2(12)4(8,9)10/h2-4,6-9,16,20,24-25,27-28H,5,10-15H2,1H3,(H,26,29);/t16-,20-;/m0./s1. The number of alkyl halides is 6. The van der Waals surface area contributed by atoms with Crippen LogP contribution < -0.4 is 15.5 Å². The maximum Gasteiger partial charge on any atom is 0.458 e. The van der Waals surface area contributed by atoms with Gasteiger partial charge in [0, 0.05) is 31.0 Å². The summed E-state index contributed by atoms with van der Waals surface area (Å²) in [7, 11) is 0. The molecule has 2 aromatic carbocycles. The summed E-state index contributed by atoms with van der Waals surface area (Å²) in [6.45, 7) is 5.48. The third-order valence-electron chi connectivity index (χ3n) is 5.89. The van der Waals surface area contributed by atoms with Crippen molar-refractivity contribution < 1.29 is 46.1 Å². The maximum atomic E-state index is 11.6. The van der Waals surface area contributed by atoms with E-state index in [1.807, 2.05) is 17.8 Å². The number of aromatic nitrogens is 1. The fraction of sp³-hybridized carbons (Fsp3) is 0.444. The van der Waals surface area contributed by atoms with Crippen LogP contribution in [0.15, 0.2) is 47.3 Å². The number of hydrogen-bond donors (Lipinski definition) is 5. The van der Waals surface area contributed by atoms with Crippen molar-refractivity contribution in [3.63, 3.8) is 0 Å². The monoisotopic (exact) mass is 655 g/mol. The van der Waals surface area contributed by atoms with Gasteiger partial charge in [-0.25, -0.2) is 0 Å². The van der Waals surface area contributed by atoms with Crippen LogP contribution in [0.2, 0.25) is 0 Å². The molecule has 0 aliphatic rings. The summed E-state index contributed by atoms with van der Waals surface area (Å²) in [4.78, 5) is 33.2. The van der Waals surface area contributed by atoms with Gasteiger partial charge in [-0.15, -0.1) is 0 Å². The van der Waals surface area contributed by atoms with E-state index in [1.54, 1.807) is 6.07 Å². The molecule has 0 unspecified atom stereocenters. The number of carbonyl (C=O) groups excluding carboxylic acids is 2. The lowest BCUT2D eigenvalue weighted by molar-refractivity contribution is -0.193. The Bertz CT molecular complexity index is 1360. The average molecular weight is 656 g/mol. The van der Waals surface area contributed by atoms with Gasteiger partial charge in [-0.3, -0.25) is 14.4 Å². The molecule has 0 saturated carbocycles. The number of aromatic hydroxyl groups is 1. The van der Waals surface area contributed by atoms with E-state index in [0.717, 1.165) is 48.9 Å². The van der Waals surface area contributed by atoms with Crippen molar-refractivity contribution in [1.82, 2.24) is 15.6 Å². The number of Topliss-reactive ketones (excluding diaryl/α,β-unsaturated/α-hetero) is 2. The number of phenolic OH excluding ortho intramolecular Hbond substituents is 1. The predicted octanol–water partition coefficient (Wildman–Crippen LogP) is 4.68. The van der Waals surface area contributed by atoms with Gasteiger partial charge in [-0.2, -0.15) is 38.1 Å². The molecule has 8 nitrogen and oxygen atoms in total. The quantitative estimate of drug-likeness (QED) is 0.0962. The number of fused-ring (bicyclic) bond motifs is 1. The van der Waals surface area contributed by atoms with Crippen molar-refractivity contribution in [3.8, 4) is 5.75 Å². The molecule has 3 aromatic rings. The second-order valence-electron chi connectivity index (χ2n) is 9.25. The highest BCUT2D eigenvalue weighted by molar-refractivity contribution is 7.99. The van der Waals surface area contributed by atoms with Gasteiger partial charge in [0.15, 0.2) is 0 Å². The first-order chi connectivity index (χ1) is 20.1. The number of H-pyrrole nitrogens is 1. The smallest absolute Gasteiger partial charge is 0.458 e. The van der Waals surface area contributed by atoms with Crippen LogP contribution in [0.1, 0.15) is 36.5 Å². The Morgan fingerprint density at radius 3 is 2.14 bits per heavy atom. The van der Waals surface area contributed by atoms with Crippen molar-refractivity contribution in [2.75, 3.05) is 37.7 Å². The zero-order chi connectivity index (χ0) is 32.2. The number of aliphatic hydroxyl groups is 1. The molecule has 2 atom stereocenters. The molecule has 0 saturated heterocycles. The Morgan fingerprint density at radius 1 is 0.930 bits per heavy atom. The maximum absolute atomic E-state index is 11.6. The molecule has 16 heteroatoms. The fourth-order valence-electron chi connectivity index (χ4n) is 3.67. The van der Waals surface area contributed by atoms with Crippen molar-refractivity contribution in [2.24, 2.45) is 0 Å². The number of hydrogen-bond acceptors (Lipinski definition) is 9. The van der Waals surface area contributed by atoms with E-state index in [0.29, 0.717) is 28.2 Å². The minimum atomic E-state index is -5.77. The third kappa shape index (κ3) is 11.9. The van der Waals surface area contributed by atoms with Crippen LogP contribution in [0.3, 0.4) is 0 Å². The van der Waals surface area contributed by atoms with E-state index in [9.17, 15) is 50.9 Å². The number of aromatic amines is 1. The normalized spacial score (nSPS) is 13.3. The molecular weight excluding hydrogens is 624 g/mol. The van der Waals surface area contributed by atoms with E-state index in [4.69, 9.17) is 0 Å². The third-order valence-corrected chi connectivity index (χ3v) is 7.89. The fourth-order valence-corrected chi connectivity index (χ4v) is 5.43. The average Bonchev–Trinajstić information content (AvgIpc) is 3.35. The van der Waals surface area contributed by atoms with E-state index < -0.39 is 30.0 Å². The van der Waals surface area contributed by atoms with Crippen LogP contribution in [0.4, 0.5) is 26.3 Å². The first kappa shape index (κ1) is 36.3. The van der Waals surface area contributed by atoms with Gasteiger partial charge in [-0.1, -0.05) is 54.7 Å². The number of halogens is 6. The van der Waals surface area contributed by atoms with E-state index >= 15 is 0 Å². The lowest BCUT2D eigenvalue weighted by Crippen LogP contribution is -2.39. The highest BCUT2D eigenvalue weighted by Gasteiger charge is 2.54.